The predicted molar refractivity (Wildman–Crippen MR) is 103 cm³/mol. The van der Waals surface area contributed by atoms with Gasteiger partial charge in [0.2, 0.25) is 11.8 Å². The zero-order valence-electron chi connectivity index (χ0n) is 16.0. The van der Waals surface area contributed by atoms with Gasteiger partial charge in [-0.05, 0) is 42.0 Å². The molecule has 1 heterocycles. The Labute approximate surface area is 163 Å². The number of carbonyl (C=O) groups excluding carboxylic acids is 3. The van der Waals surface area contributed by atoms with Crippen molar-refractivity contribution in [3.05, 3.63) is 59.7 Å². The molecule has 146 valence electrons. The lowest BCUT2D eigenvalue weighted by molar-refractivity contribution is -0.128. The molecule has 7 nitrogen and oxygen atoms in total. The van der Waals surface area contributed by atoms with Gasteiger partial charge in [0, 0.05) is 19.2 Å². The largest absolute Gasteiger partial charge is 0.497 e. The van der Waals surface area contributed by atoms with Gasteiger partial charge in [0.15, 0.2) is 0 Å². The Kier molecular flexibility index (Phi) is 5.63. The molecule has 0 spiro atoms. The smallest absolute Gasteiger partial charge is 0.337 e. The normalized spacial score (nSPS) is 18.7. The maximum absolute atomic E-state index is 12.9. The average molecular weight is 382 g/mol. The molecule has 1 N–H and O–H groups in total. The summed E-state index contributed by atoms with van der Waals surface area (Å²) in [6.07, 6.45) is 0.138. The van der Waals surface area contributed by atoms with Crippen LogP contribution in [-0.4, -0.2) is 44.0 Å². The van der Waals surface area contributed by atoms with E-state index in [0.29, 0.717) is 17.0 Å². The van der Waals surface area contributed by atoms with Crippen LogP contribution in [0.3, 0.4) is 0 Å². The highest BCUT2D eigenvalue weighted by molar-refractivity contribution is 5.98. The Balaban J connectivity index is 1.78. The zero-order chi connectivity index (χ0) is 20.3. The molecule has 0 aliphatic carbocycles. The van der Waals surface area contributed by atoms with Crippen molar-refractivity contribution >= 4 is 23.5 Å². The van der Waals surface area contributed by atoms with E-state index in [1.807, 2.05) is 24.3 Å². The molecule has 0 bridgehead atoms. The summed E-state index contributed by atoms with van der Waals surface area (Å²) in [6.45, 7) is 0. The maximum Gasteiger partial charge on any atom is 0.337 e. The summed E-state index contributed by atoms with van der Waals surface area (Å²) in [6, 6.07) is 13.4. The molecule has 2 unspecified atom stereocenters. The number of nitrogens with zero attached hydrogens (tertiary/aromatic N) is 1. The van der Waals surface area contributed by atoms with Crippen molar-refractivity contribution in [2.75, 3.05) is 26.6 Å². The summed E-state index contributed by atoms with van der Waals surface area (Å²) in [5.41, 5.74) is 1.82. The summed E-state index contributed by atoms with van der Waals surface area (Å²) >= 11 is 0. The second kappa shape index (κ2) is 8.12. The van der Waals surface area contributed by atoms with E-state index in [-0.39, 0.29) is 24.3 Å². The van der Waals surface area contributed by atoms with E-state index in [9.17, 15) is 14.4 Å². The third-order valence-electron chi connectivity index (χ3n) is 4.95. The van der Waals surface area contributed by atoms with Crippen LogP contribution in [0.15, 0.2) is 48.5 Å². The van der Waals surface area contributed by atoms with Crippen LogP contribution in [0.25, 0.3) is 0 Å². The van der Waals surface area contributed by atoms with E-state index in [2.05, 4.69) is 10.1 Å². The predicted octanol–water partition coefficient (Wildman–Crippen LogP) is 2.64. The summed E-state index contributed by atoms with van der Waals surface area (Å²) < 4.78 is 9.84. The molecule has 2 atom stereocenters. The van der Waals surface area contributed by atoms with Gasteiger partial charge in [-0.1, -0.05) is 12.1 Å². The van der Waals surface area contributed by atoms with Crippen molar-refractivity contribution in [1.82, 2.24) is 4.90 Å². The highest BCUT2D eigenvalue weighted by atomic mass is 16.5. The van der Waals surface area contributed by atoms with Gasteiger partial charge in [-0.25, -0.2) is 4.79 Å². The monoisotopic (exact) mass is 382 g/mol. The number of likely N-dealkylation sites (tertiary alicyclic amines) is 1. The summed E-state index contributed by atoms with van der Waals surface area (Å²) in [5.74, 6) is -0.583. The second-order valence-corrected chi connectivity index (χ2v) is 6.59. The summed E-state index contributed by atoms with van der Waals surface area (Å²) in [7, 11) is 4.60. The van der Waals surface area contributed by atoms with Crippen LogP contribution in [0.4, 0.5) is 5.69 Å². The van der Waals surface area contributed by atoms with Crippen molar-refractivity contribution in [2.45, 2.75) is 12.5 Å². The molecule has 1 saturated heterocycles. The Morgan fingerprint density at radius 3 is 2.25 bits per heavy atom. The van der Waals surface area contributed by atoms with Crippen molar-refractivity contribution < 1.29 is 23.9 Å². The lowest BCUT2D eigenvalue weighted by Crippen LogP contribution is -2.30. The van der Waals surface area contributed by atoms with Gasteiger partial charge in [0.05, 0.1) is 31.7 Å². The van der Waals surface area contributed by atoms with Crippen molar-refractivity contribution in [1.29, 1.82) is 0 Å². The Morgan fingerprint density at radius 1 is 1.04 bits per heavy atom. The first kappa shape index (κ1) is 19.4. The Hall–Kier alpha value is -3.35. The molecule has 1 fully saturated rings. The molecule has 2 aromatic carbocycles. The van der Waals surface area contributed by atoms with Gasteiger partial charge in [-0.15, -0.1) is 0 Å². The first-order chi connectivity index (χ1) is 13.4. The van der Waals surface area contributed by atoms with E-state index in [4.69, 9.17) is 4.74 Å². The minimum absolute atomic E-state index is 0.0815. The number of carbonyl (C=O) groups is 3. The van der Waals surface area contributed by atoms with Gasteiger partial charge in [0.25, 0.3) is 0 Å². The van der Waals surface area contributed by atoms with Gasteiger partial charge in [0.1, 0.15) is 5.75 Å². The summed E-state index contributed by atoms with van der Waals surface area (Å²) in [4.78, 5) is 38.3. The number of hydrogen-bond acceptors (Lipinski definition) is 5. The minimum Gasteiger partial charge on any atom is -0.497 e. The topological polar surface area (TPSA) is 84.9 Å². The van der Waals surface area contributed by atoms with Crippen LogP contribution >= 0.6 is 0 Å². The molecular weight excluding hydrogens is 360 g/mol. The molecule has 2 aromatic rings. The van der Waals surface area contributed by atoms with Crippen molar-refractivity contribution in [2.24, 2.45) is 5.92 Å². The standard InChI is InChI=1S/C21H22N2O5/c1-23-18(24)12-17(19(23)13-6-10-16(27-2)11-7-13)20(25)22-15-8-4-14(5-9-15)21(26)28-3/h4-11,17,19H,12H2,1-3H3,(H,22,25). The van der Waals surface area contributed by atoms with E-state index in [1.165, 1.54) is 7.11 Å². The first-order valence-electron chi connectivity index (χ1n) is 8.83. The van der Waals surface area contributed by atoms with Crippen LogP contribution < -0.4 is 10.1 Å². The van der Waals surface area contributed by atoms with Gasteiger partial charge in [-0.3, -0.25) is 9.59 Å². The van der Waals surface area contributed by atoms with Gasteiger partial charge >= 0.3 is 5.97 Å². The third-order valence-corrected chi connectivity index (χ3v) is 4.95. The van der Waals surface area contributed by atoms with E-state index in [0.717, 1.165) is 5.56 Å². The van der Waals surface area contributed by atoms with Crippen LogP contribution in [0, 0.1) is 5.92 Å². The molecule has 7 heteroatoms. The quantitative estimate of drug-likeness (QED) is 0.804. The molecule has 1 aliphatic rings. The number of methoxy groups -OCH3 is 2. The number of anilines is 1. The number of nitrogens with one attached hydrogen (secondary N) is 1. The summed E-state index contributed by atoms with van der Waals surface area (Å²) in [5, 5.41) is 2.84. The van der Waals surface area contributed by atoms with Crippen molar-refractivity contribution in [3.8, 4) is 5.75 Å². The fraction of sp³-hybridized carbons (Fsp3) is 0.286. The lowest BCUT2D eigenvalue weighted by Gasteiger charge is -2.25. The zero-order valence-corrected chi connectivity index (χ0v) is 16.0. The molecule has 2 amide bonds. The fourth-order valence-electron chi connectivity index (χ4n) is 3.40. The van der Waals surface area contributed by atoms with Crippen LogP contribution in [0.1, 0.15) is 28.4 Å². The van der Waals surface area contributed by atoms with Gasteiger partial charge < -0.3 is 19.7 Å². The molecule has 0 radical (unpaired) electrons. The Morgan fingerprint density at radius 2 is 1.68 bits per heavy atom. The van der Waals surface area contributed by atoms with E-state index >= 15 is 0 Å². The minimum atomic E-state index is -0.522. The van der Waals surface area contributed by atoms with Crippen LogP contribution in [-0.2, 0) is 14.3 Å². The fourth-order valence-corrected chi connectivity index (χ4v) is 3.40. The number of ether oxygens (including phenoxy) is 2. The van der Waals surface area contributed by atoms with E-state index < -0.39 is 11.9 Å². The number of benzene rings is 2. The van der Waals surface area contributed by atoms with E-state index in [1.54, 1.807) is 43.3 Å². The second-order valence-electron chi connectivity index (χ2n) is 6.59. The highest BCUT2D eigenvalue weighted by Crippen LogP contribution is 2.38. The molecule has 0 saturated carbocycles. The number of amides is 2. The first-order valence-corrected chi connectivity index (χ1v) is 8.83. The van der Waals surface area contributed by atoms with Gasteiger partial charge in [-0.2, -0.15) is 0 Å². The number of rotatable bonds is 5. The molecule has 3 rings (SSSR count). The average Bonchev–Trinajstić information content (AvgIpc) is 3.02. The maximum atomic E-state index is 12.9. The van der Waals surface area contributed by atoms with Crippen molar-refractivity contribution in [3.63, 3.8) is 0 Å². The molecule has 1 aliphatic heterocycles. The number of esters is 1. The van der Waals surface area contributed by atoms with Crippen LogP contribution in [0.2, 0.25) is 0 Å². The molecular formula is C21H22N2O5. The Bertz CT molecular complexity index is 877. The van der Waals surface area contributed by atoms with Crippen LogP contribution in [0.5, 0.6) is 5.75 Å². The third kappa shape index (κ3) is 3.83. The lowest BCUT2D eigenvalue weighted by atomic mass is 9.92. The number of hydrogen-bond donors (Lipinski definition) is 1. The molecule has 0 aromatic heterocycles. The SMILES string of the molecule is COC(=O)c1ccc(NC(=O)C2CC(=O)N(C)C2c2ccc(OC)cc2)cc1. The molecule has 28 heavy (non-hydrogen) atoms. The highest BCUT2D eigenvalue weighted by Gasteiger charge is 2.42.